The molecule has 0 bridgehead atoms. The molecule has 106 valence electrons. The summed E-state index contributed by atoms with van der Waals surface area (Å²) in [5.74, 6) is -1.05. The van der Waals surface area contributed by atoms with E-state index in [1.54, 1.807) is 0 Å². The minimum atomic E-state index is -1.05. The number of carbonyl (C=O) groups is 1. The first-order valence-electron chi connectivity index (χ1n) is 6.07. The van der Waals surface area contributed by atoms with E-state index in [0.29, 0.717) is 10.2 Å². The van der Waals surface area contributed by atoms with Gasteiger partial charge in [0.15, 0.2) is 5.16 Å². The number of fused-ring (bicyclic) bond motifs is 1. The van der Waals surface area contributed by atoms with Crippen LogP contribution in [0, 0.1) is 6.92 Å². The van der Waals surface area contributed by atoms with Crippen LogP contribution < -0.4 is 0 Å². The van der Waals surface area contributed by atoms with E-state index in [1.807, 2.05) is 25.1 Å². The highest BCUT2D eigenvalue weighted by Gasteiger charge is 2.15. The average molecular weight is 320 g/mol. The van der Waals surface area contributed by atoms with Crippen molar-refractivity contribution < 1.29 is 9.90 Å². The third-order valence-corrected chi connectivity index (χ3v) is 3.97. The molecule has 2 aromatic heterocycles. The lowest BCUT2D eigenvalue weighted by molar-refractivity contribution is 0.0692. The Kier molecular flexibility index (Phi) is 3.57. The Morgan fingerprint density at radius 2 is 2.10 bits per heavy atom. The minimum absolute atomic E-state index is 0.0982. The maximum Gasteiger partial charge on any atom is 0.338 e. The number of benzene rings is 1. The van der Waals surface area contributed by atoms with Crippen LogP contribution >= 0.6 is 23.4 Å². The number of imidazole rings is 1. The van der Waals surface area contributed by atoms with Crippen molar-refractivity contribution in [2.75, 3.05) is 0 Å². The van der Waals surface area contributed by atoms with Gasteiger partial charge in [-0.25, -0.2) is 14.8 Å². The number of nitrogens with zero attached hydrogens (tertiary/aromatic N) is 2. The summed E-state index contributed by atoms with van der Waals surface area (Å²) in [5, 5.41) is 10.3. The molecule has 1 aromatic carbocycles. The van der Waals surface area contributed by atoms with Gasteiger partial charge in [0, 0.05) is 0 Å². The maximum atomic E-state index is 11.2. The van der Waals surface area contributed by atoms with E-state index >= 15 is 0 Å². The molecule has 0 aliphatic rings. The number of hydrogen-bond donors (Lipinski definition) is 2. The molecule has 2 heterocycles. The molecule has 3 aromatic rings. The molecule has 2 N–H and O–H groups in total. The van der Waals surface area contributed by atoms with Crippen molar-refractivity contribution in [3.8, 4) is 0 Å². The summed E-state index contributed by atoms with van der Waals surface area (Å²) in [6, 6.07) is 8.76. The Balaban J connectivity index is 2.02. The highest BCUT2D eigenvalue weighted by Crippen LogP contribution is 2.29. The molecule has 0 unspecified atom stereocenters. The Bertz CT molecular complexity index is 847. The van der Waals surface area contributed by atoms with E-state index in [0.717, 1.165) is 28.4 Å². The van der Waals surface area contributed by atoms with Crippen LogP contribution in [-0.4, -0.2) is 26.0 Å². The molecular weight excluding hydrogens is 310 g/mol. The van der Waals surface area contributed by atoms with E-state index in [-0.39, 0.29) is 10.7 Å². The normalized spacial score (nSPS) is 11.0. The fourth-order valence-electron chi connectivity index (χ4n) is 1.90. The second kappa shape index (κ2) is 5.38. The third-order valence-electron chi connectivity index (χ3n) is 2.87. The summed E-state index contributed by atoms with van der Waals surface area (Å²) in [6.45, 7) is 1.99. The van der Waals surface area contributed by atoms with Gasteiger partial charge in [0.2, 0.25) is 0 Å². The van der Waals surface area contributed by atoms with Crippen molar-refractivity contribution in [2.45, 2.75) is 17.1 Å². The van der Waals surface area contributed by atoms with Crippen molar-refractivity contribution in [3.63, 3.8) is 0 Å². The Morgan fingerprint density at radius 3 is 2.86 bits per heavy atom. The van der Waals surface area contributed by atoms with E-state index in [9.17, 15) is 9.90 Å². The summed E-state index contributed by atoms with van der Waals surface area (Å²) >= 11 is 6.98. The number of carboxylic acid groups (broad SMARTS) is 1. The van der Waals surface area contributed by atoms with E-state index in [2.05, 4.69) is 15.0 Å². The van der Waals surface area contributed by atoms with Gasteiger partial charge in [0.05, 0.1) is 16.6 Å². The predicted octanol–water partition coefficient (Wildman–Crippen LogP) is 3.77. The molecule has 0 aliphatic carbocycles. The fourth-order valence-corrected chi connectivity index (χ4v) is 2.99. The van der Waals surface area contributed by atoms with Crippen molar-refractivity contribution in [3.05, 3.63) is 46.6 Å². The van der Waals surface area contributed by atoms with Gasteiger partial charge in [-0.2, -0.15) is 0 Å². The summed E-state index contributed by atoms with van der Waals surface area (Å²) in [7, 11) is 0. The van der Waals surface area contributed by atoms with Crippen LogP contribution in [0.3, 0.4) is 0 Å². The quantitative estimate of drug-likeness (QED) is 0.718. The number of pyridine rings is 1. The Morgan fingerprint density at radius 1 is 1.29 bits per heavy atom. The molecule has 0 aliphatic heterocycles. The summed E-state index contributed by atoms with van der Waals surface area (Å²) in [6.07, 6.45) is 0. The predicted molar refractivity (Wildman–Crippen MR) is 81.2 cm³/mol. The van der Waals surface area contributed by atoms with Crippen LogP contribution in [0.1, 0.15) is 15.9 Å². The van der Waals surface area contributed by atoms with Crippen LogP contribution in [0.2, 0.25) is 5.15 Å². The number of halogens is 1. The molecule has 0 amide bonds. The van der Waals surface area contributed by atoms with Crippen molar-refractivity contribution in [1.82, 2.24) is 15.0 Å². The first kappa shape index (κ1) is 13.9. The molecule has 0 radical (unpaired) electrons. The molecule has 0 saturated heterocycles. The highest BCUT2D eigenvalue weighted by atomic mass is 35.5. The zero-order valence-electron chi connectivity index (χ0n) is 10.9. The Labute approximate surface area is 129 Å². The van der Waals surface area contributed by atoms with Crippen LogP contribution in [0.5, 0.6) is 0 Å². The number of aromatic carboxylic acids is 1. The number of rotatable bonds is 3. The zero-order valence-corrected chi connectivity index (χ0v) is 12.5. The van der Waals surface area contributed by atoms with Crippen molar-refractivity contribution in [2.24, 2.45) is 0 Å². The smallest absolute Gasteiger partial charge is 0.338 e. The van der Waals surface area contributed by atoms with Crippen LogP contribution in [0.15, 0.2) is 40.5 Å². The minimum Gasteiger partial charge on any atom is -0.478 e. The van der Waals surface area contributed by atoms with E-state index in [1.165, 1.54) is 12.1 Å². The fraction of sp³-hybridized carbons (Fsp3) is 0.0714. The monoisotopic (exact) mass is 319 g/mol. The second-order valence-electron chi connectivity index (χ2n) is 4.46. The average Bonchev–Trinajstić information content (AvgIpc) is 2.79. The molecular formula is C14H10ClN3O2S. The first-order valence-corrected chi connectivity index (χ1v) is 7.26. The highest BCUT2D eigenvalue weighted by molar-refractivity contribution is 7.99. The lowest BCUT2D eigenvalue weighted by Gasteiger charge is -2.02. The topological polar surface area (TPSA) is 78.9 Å². The number of aromatic amines is 1. The second-order valence-corrected chi connectivity index (χ2v) is 5.82. The van der Waals surface area contributed by atoms with Gasteiger partial charge in [-0.3, -0.25) is 0 Å². The number of H-pyrrole nitrogens is 1. The van der Waals surface area contributed by atoms with Crippen LogP contribution in [0.25, 0.3) is 11.0 Å². The van der Waals surface area contributed by atoms with Gasteiger partial charge in [0.1, 0.15) is 10.2 Å². The van der Waals surface area contributed by atoms with Gasteiger partial charge in [0.25, 0.3) is 0 Å². The lowest BCUT2D eigenvalue weighted by atomic mass is 10.2. The Hall–Kier alpha value is -2.05. The summed E-state index contributed by atoms with van der Waals surface area (Å²) in [4.78, 5) is 22.8. The number of carboxylic acids is 1. The zero-order chi connectivity index (χ0) is 15.0. The number of aryl methyl sites for hydroxylation is 1. The van der Waals surface area contributed by atoms with Gasteiger partial charge >= 0.3 is 5.97 Å². The van der Waals surface area contributed by atoms with E-state index < -0.39 is 5.97 Å². The molecule has 5 nitrogen and oxygen atoms in total. The summed E-state index contributed by atoms with van der Waals surface area (Å²) in [5.41, 5.74) is 2.94. The molecule has 0 spiro atoms. The number of nitrogens with one attached hydrogen (secondary N) is 1. The SMILES string of the molecule is Cc1ccc2nc(Sc3nc(Cl)ccc3C(=O)O)[nH]c2c1. The molecule has 3 rings (SSSR count). The lowest BCUT2D eigenvalue weighted by Crippen LogP contribution is -2.00. The molecule has 0 saturated carbocycles. The van der Waals surface area contributed by atoms with Gasteiger partial charge in [-0.05, 0) is 48.5 Å². The molecule has 7 heteroatoms. The standard InChI is InChI=1S/C14H10ClN3O2S/c1-7-2-4-9-10(6-7)17-14(16-9)21-12-8(13(19)20)3-5-11(15)18-12/h2-6H,1H3,(H,16,17)(H,19,20). The number of hydrogen-bond acceptors (Lipinski definition) is 4. The third kappa shape index (κ3) is 2.86. The largest absolute Gasteiger partial charge is 0.478 e. The summed E-state index contributed by atoms with van der Waals surface area (Å²) < 4.78 is 0. The van der Waals surface area contributed by atoms with Gasteiger partial charge in [-0.1, -0.05) is 17.7 Å². The van der Waals surface area contributed by atoms with Gasteiger partial charge in [-0.15, -0.1) is 0 Å². The van der Waals surface area contributed by atoms with Crippen LogP contribution in [-0.2, 0) is 0 Å². The molecule has 21 heavy (non-hydrogen) atoms. The van der Waals surface area contributed by atoms with Crippen molar-refractivity contribution >= 4 is 40.4 Å². The van der Waals surface area contributed by atoms with Crippen molar-refractivity contribution in [1.29, 1.82) is 0 Å². The maximum absolute atomic E-state index is 11.2. The molecule has 0 fully saturated rings. The van der Waals surface area contributed by atoms with Gasteiger partial charge < -0.3 is 10.1 Å². The van der Waals surface area contributed by atoms with E-state index in [4.69, 9.17) is 11.6 Å². The first-order chi connectivity index (χ1) is 10.0. The molecule has 0 atom stereocenters. The number of aromatic nitrogens is 3. The van der Waals surface area contributed by atoms with Crippen LogP contribution in [0.4, 0.5) is 0 Å².